The van der Waals surface area contributed by atoms with Crippen molar-refractivity contribution in [3.8, 4) is 0 Å². The first kappa shape index (κ1) is 15.0. The van der Waals surface area contributed by atoms with Crippen LogP contribution in [0.25, 0.3) is 0 Å². The fourth-order valence-corrected chi connectivity index (χ4v) is 2.82. The van der Waals surface area contributed by atoms with Gasteiger partial charge in [0.05, 0.1) is 0 Å². The van der Waals surface area contributed by atoms with E-state index in [2.05, 4.69) is 18.7 Å². The highest BCUT2D eigenvalue weighted by Gasteiger charge is 2.21. The predicted octanol–water partition coefficient (Wildman–Crippen LogP) is 3.41. The first-order valence-electron chi connectivity index (χ1n) is 7.72. The molecule has 1 aliphatic heterocycles. The van der Waals surface area contributed by atoms with E-state index < -0.39 is 0 Å². The highest BCUT2D eigenvalue weighted by atomic mass is 15.1. The predicted molar refractivity (Wildman–Crippen MR) is 76.2 cm³/mol. The summed E-state index contributed by atoms with van der Waals surface area (Å²) in [6.45, 7) is 8.32. The van der Waals surface area contributed by atoms with E-state index in [4.69, 9.17) is 5.73 Å². The maximum absolute atomic E-state index is 5.96. The first-order chi connectivity index (χ1) is 8.24. The van der Waals surface area contributed by atoms with Crippen molar-refractivity contribution in [1.29, 1.82) is 0 Å². The molecule has 2 N–H and O–H groups in total. The van der Waals surface area contributed by atoms with Crippen molar-refractivity contribution in [2.45, 2.75) is 71.3 Å². The summed E-state index contributed by atoms with van der Waals surface area (Å²) in [5.41, 5.74) is 5.96. The Morgan fingerprint density at radius 2 is 1.65 bits per heavy atom. The number of unbranched alkanes of at least 4 members (excludes halogenated alkanes) is 5. The molecule has 0 aromatic heterocycles. The molecule has 0 bridgehead atoms. The molecule has 0 spiro atoms. The van der Waals surface area contributed by atoms with Crippen LogP contribution in [0, 0.1) is 5.92 Å². The first-order valence-corrected chi connectivity index (χ1v) is 7.72. The van der Waals surface area contributed by atoms with Gasteiger partial charge >= 0.3 is 0 Å². The molecule has 0 radical (unpaired) electrons. The zero-order valence-electron chi connectivity index (χ0n) is 12.0. The third kappa shape index (κ3) is 6.42. The van der Waals surface area contributed by atoms with Gasteiger partial charge in [0, 0.05) is 6.04 Å². The molecule has 0 aliphatic carbocycles. The molecule has 1 fully saturated rings. The molecule has 0 aromatic rings. The van der Waals surface area contributed by atoms with Crippen molar-refractivity contribution in [1.82, 2.24) is 4.90 Å². The van der Waals surface area contributed by atoms with Gasteiger partial charge < -0.3 is 10.6 Å². The Kier molecular flexibility index (Phi) is 7.87. The third-order valence-electron chi connectivity index (χ3n) is 4.20. The minimum Gasteiger partial charge on any atom is -0.328 e. The van der Waals surface area contributed by atoms with Crippen LogP contribution in [0.4, 0.5) is 0 Å². The van der Waals surface area contributed by atoms with Crippen LogP contribution in [0.1, 0.15) is 65.2 Å². The minimum atomic E-state index is 0.395. The molecule has 1 aliphatic rings. The van der Waals surface area contributed by atoms with Crippen LogP contribution >= 0.6 is 0 Å². The highest BCUT2D eigenvalue weighted by Crippen LogP contribution is 2.19. The van der Waals surface area contributed by atoms with Crippen molar-refractivity contribution < 1.29 is 0 Å². The van der Waals surface area contributed by atoms with Crippen molar-refractivity contribution in [2.75, 3.05) is 19.6 Å². The van der Waals surface area contributed by atoms with E-state index >= 15 is 0 Å². The summed E-state index contributed by atoms with van der Waals surface area (Å²) >= 11 is 0. The Morgan fingerprint density at radius 1 is 1.06 bits per heavy atom. The molecular formula is C15H32N2. The number of piperidine rings is 1. The largest absolute Gasteiger partial charge is 0.328 e. The van der Waals surface area contributed by atoms with Crippen LogP contribution in [-0.2, 0) is 0 Å². The van der Waals surface area contributed by atoms with Crippen LogP contribution < -0.4 is 5.73 Å². The molecular weight excluding hydrogens is 208 g/mol. The second-order valence-electron chi connectivity index (χ2n) is 5.81. The molecule has 17 heavy (non-hydrogen) atoms. The standard InChI is InChI=1S/C15H32N2/c1-3-4-5-6-7-8-11-17-12-9-15(10-13-17)14(2)16/h14-15H,3-13,16H2,1-2H3. The molecule has 1 atom stereocenters. The molecule has 2 nitrogen and oxygen atoms in total. The van der Waals surface area contributed by atoms with Gasteiger partial charge in [-0.25, -0.2) is 0 Å². The zero-order chi connectivity index (χ0) is 12.5. The summed E-state index contributed by atoms with van der Waals surface area (Å²) in [7, 11) is 0. The second kappa shape index (κ2) is 8.93. The zero-order valence-corrected chi connectivity index (χ0v) is 12.0. The molecule has 1 rings (SSSR count). The average Bonchev–Trinajstić information content (AvgIpc) is 2.34. The Labute approximate surface area is 108 Å². The number of nitrogens with zero attached hydrogens (tertiary/aromatic N) is 1. The monoisotopic (exact) mass is 240 g/mol. The maximum Gasteiger partial charge on any atom is 0.00397 e. The Balaban J connectivity index is 1.95. The van der Waals surface area contributed by atoms with Gasteiger partial charge in [-0.1, -0.05) is 39.0 Å². The van der Waals surface area contributed by atoms with Gasteiger partial charge in [-0.05, 0) is 51.7 Å². The van der Waals surface area contributed by atoms with E-state index in [0.29, 0.717) is 6.04 Å². The lowest BCUT2D eigenvalue weighted by atomic mass is 9.91. The topological polar surface area (TPSA) is 29.3 Å². The van der Waals surface area contributed by atoms with Gasteiger partial charge in [-0.2, -0.15) is 0 Å². The van der Waals surface area contributed by atoms with E-state index in [1.54, 1.807) is 0 Å². The van der Waals surface area contributed by atoms with E-state index in [1.165, 1.54) is 71.0 Å². The van der Waals surface area contributed by atoms with Gasteiger partial charge in [0.2, 0.25) is 0 Å². The van der Waals surface area contributed by atoms with Crippen LogP contribution in [0.2, 0.25) is 0 Å². The normalized spacial score (nSPS) is 20.6. The summed E-state index contributed by atoms with van der Waals surface area (Å²) in [6, 6.07) is 0.395. The van der Waals surface area contributed by atoms with E-state index in [9.17, 15) is 0 Å². The molecule has 1 unspecified atom stereocenters. The van der Waals surface area contributed by atoms with Crippen molar-refractivity contribution >= 4 is 0 Å². The summed E-state index contributed by atoms with van der Waals surface area (Å²) in [4.78, 5) is 2.64. The van der Waals surface area contributed by atoms with E-state index in [1.807, 2.05) is 0 Å². The number of rotatable bonds is 8. The summed E-state index contributed by atoms with van der Waals surface area (Å²) in [5.74, 6) is 0.774. The third-order valence-corrected chi connectivity index (χ3v) is 4.20. The lowest BCUT2D eigenvalue weighted by molar-refractivity contribution is 0.169. The molecule has 0 amide bonds. The molecule has 0 aromatic carbocycles. The molecule has 0 saturated carbocycles. The average molecular weight is 240 g/mol. The van der Waals surface area contributed by atoms with Crippen LogP contribution in [0.15, 0.2) is 0 Å². The number of nitrogens with two attached hydrogens (primary N) is 1. The summed E-state index contributed by atoms with van der Waals surface area (Å²) in [6.07, 6.45) is 11.1. The number of likely N-dealkylation sites (tertiary alicyclic amines) is 1. The highest BCUT2D eigenvalue weighted by molar-refractivity contribution is 4.77. The lowest BCUT2D eigenvalue weighted by Crippen LogP contribution is -2.40. The van der Waals surface area contributed by atoms with Crippen LogP contribution in [-0.4, -0.2) is 30.6 Å². The Morgan fingerprint density at radius 3 is 2.24 bits per heavy atom. The lowest BCUT2D eigenvalue weighted by Gasteiger charge is -2.33. The van der Waals surface area contributed by atoms with Gasteiger partial charge in [0.15, 0.2) is 0 Å². The second-order valence-corrected chi connectivity index (χ2v) is 5.81. The number of hydrogen-bond donors (Lipinski definition) is 1. The fourth-order valence-electron chi connectivity index (χ4n) is 2.82. The molecule has 102 valence electrons. The quantitative estimate of drug-likeness (QED) is 0.659. The Hall–Kier alpha value is -0.0800. The van der Waals surface area contributed by atoms with Crippen molar-refractivity contribution in [3.05, 3.63) is 0 Å². The van der Waals surface area contributed by atoms with Gasteiger partial charge in [-0.15, -0.1) is 0 Å². The van der Waals surface area contributed by atoms with E-state index in [-0.39, 0.29) is 0 Å². The summed E-state index contributed by atoms with van der Waals surface area (Å²) in [5, 5.41) is 0. The molecule has 1 saturated heterocycles. The maximum atomic E-state index is 5.96. The molecule has 2 heteroatoms. The SMILES string of the molecule is CCCCCCCCN1CCC(C(C)N)CC1. The summed E-state index contributed by atoms with van der Waals surface area (Å²) < 4.78 is 0. The fraction of sp³-hybridized carbons (Fsp3) is 1.00. The minimum absolute atomic E-state index is 0.395. The van der Waals surface area contributed by atoms with Crippen LogP contribution in [0.5, 0.6) is 0 Å². The Bertz CT molecular complexity index is 172. The van der Waals surface area contributed by atoms with Gasteiger partial charge in [0.25, 0.3) is 0 Å². The molecule has 1 heterocycles. The van der Waals surface area contributed by atoms with Crippen molar-refractivity contribution in [2.24, 2.45) is 11.7 Å². The van der Waals surface area contributed by atoms with Crippen molar-refractivity contribution in [3.63, 3.8) is 0 Å². The van der Waals surface area contributed by atoms with E-state index in [0.717, 1.165) is 5.92 Å². The number of hydrogen-bond acceptors (Lipinski definition) is 2. The van der Waals surface area contributed by atoms with Crippen LogP contribution in [0.3, 0.4) is 0 Å². The van der Waals surface area contributed by atoms with Gasteiger partial charge in [0.1, 0.15) is 0 Å². The smallest absolute Gasteiger partial charge is 0.00397 e. The van der Waals surface area contributed by atoms with Gasteiger partial charge in [-0.3, -0.25) is 0 Å².